The highest BCUT2D eigenvalue weighted by atomic mass is 35.5. The Labute approximate surface area is 180 Å². The maximum Gasteiger partial charge on any atom is 0.233 e. The van der Waals surface area contributed by atoms with Gasteiger partial charge >= 0.3 is 0 Å². The quantitative estimate of drug-likeness (QED) is 0.630. The molecule has 0 unspecified atom stereocenters. The van der Waals surface area contributed by atoms with Gasteiger partial charge in [0.15, 0.2) is 0 Å². The van der Waals surface area contributed by atoms with Gasteiger partial charge in [-0.2, -0.15) is 0 Å². The van der Waals surface area contributed by atoms with Gasteiger partial charge in [0.2, 0.25) is 17.6 Å². The van der Waals surface area contributed by atoms with Crippen LogP contribution in [0.25, 0.3) is 5.78 Å². The van der Waals surface area contributed by atoms with Gasteiger partial charge < -0.3 is 10.2 Å². The van der Waals surface area contributed by atoms with E-state index >= 15 is 0 Å². The van der Waals surface area contributed by atoms with E-state index in [1.54, 1.807) is 11.1 Å². The van der Waals surface area contributed by atoms with E-state index in [0.717, 1.165) is 17.7 Å². The third-order valence-corrected chi connectivity index (χ3v) is 5.67. The molecule has 0 saturated carbocycles. The van der Waals surface area contributed by atoms with E-state index < -0.39 is 0 Å². The van der Waals surface area contributed by atoms with Gasteiger partial charge in [0.05, 0.1) is 11.6 Å². The Morgan fingerprint density at radius 1 is 1.23 bits per heavy atom. The van der Waals surface area contributed by atoms with E-state index in [-0.39, 0.29) is 17.7 Å². The van der Waals surface area contributed by atoms with Crippen molar-refractivity contribution in [3.05, 3.63) is 65.2 Å². The summed E-state index contributed by atoms with van der Waals surface area (Å²) in [6.45, 7) is 1.59. The Morgan fingerprint density at radius 2 is 2.07 bits per heavy atom. The average Bonchev–Trinajstić information content (AvgIpc) is 3.17. The first kappa shape index (κ1) is 20.3. The van der Waals surface area contributed by atoms with Crippen molar-refractivity contribution in [2.75, 3.05) is 19.6 Å². The van der Waals surface area contributed by atoms with E-state index in [0.29, 0.717) is 49.7 Å². The first-order valence-electron chi connectivity index (χ1n) is 10.2. The molecule has 1 aromatic carbocycles. The summed E-state index contributed by atoms with van der Waals surface area (Å²) in [4.78, 5) is 35.3. The Balaban J connectivity index is 1.26. The third-order valence-electron chi connectivity index (χ3n) is 5.42. The highest BCUT2D eigenvalue weighted by Gasteiger charge is 2.29. The van der Waals surface area contributed by atoms with Gasteiger partial charge in [-0.3, -0.25) is 14.0 Å². The second-order valence-corrected chi connectivity index (χ2v) is 7.99. The van der Waals surface area contributed by atoms with Crippen LogP contribution >= 0.6 is 11.6 Å². The highest BCUT2D eigenvalue weighted by molar-refractivity contribution is 6.30. The third kappa shape index (κ3) is 4.97. The van der Waals surface area contributed by atoms with Gasteiger partial charge in [0, 0.05) is 56.1 Å². The van der Waals surface area contributed by atoms with Crippen LogP contribution in [0.3, 0.4) is 0 Å². The van der Waals surface area contributed by atoms with Crippen LogP contribution in [0.5, 0.6) is 0 Å². The van der Waals surface area contributed by atoms with Gasteiger partial charge in [-0.05, 0) is 36.6 Å². The van der Waals surface area contributed by atoms with Gasteiger partial charge in [-0.15, -0.1) is 0 Å². The number of imidazole rings is 1. The molecule has 0 aliphatic carbocycles. The van der Waals surface area contributed by atoms with Crippen molar-refractivity contribution in [3.8, 4) is 0 Å². The summed E-state index contributed by atoms with van der Waals surface area (Å²) in [6.07, 6.45) is 7.93. The molecule has 3 aromatic rings. The first-order chi connectivity index (χ1) is 14.6. The van der Waals surface area contributed by atoms with Crippen LogP contribution in [0.4, 0.5) is 0 Å². The minimum atomic E-state index is -0.171. The minimum Gasteiger partial charge on any atom is -0.355 e. The van der Waals surface area contributed by atoms with E-state index in [2.05, 4.69) is 15.3 Å². The molecule has 0 radical (unpaired) electrons. The predicted octanol–water partition coefficient (Wildman–Crippen LogP) is 2.52. The fraction of sp³-hybridized carbons (Fsp3) is 0.364. The summed E-state index contributed by atoms with van der Waals surface area (Å²) >= 11 is 5.92. The number of rotatable bonds is 7. The number of piperidine rings is 1. The zero-order chi connectivity index (χ0) is 20.9. The van der Waals surface area contributed by atoms with Crippen LogP contribution in [0, 0.1) is 5.92 Å². The van der Waals surface area contributed by atoms with Crippen molar-refractivity contribution >= 4 is 29.2 Å². The molecule has 4 rings (SSSR count). The number of amides is 2. The summed E-state index contributed by atoms with van der Waals surface area (Å²) in [7, 11) is 0. The average molecular weight is 426 g/mol. The minimum absolute atomic E-state index is 0.000817. The molecular formula is C22H24ClN5O2. The van der Waals surface area contributed by atoms with Crippen LogP contribution in [-0.4, -0.2) is 50.7 Å². The Bertz CT molecular complexity index is 1000. The molecule has 1 aliphatic rings. The number of halogens is 1. The van der Waals surface area contributed by atoms with Crippen molar-refractivity contribution in [2.24, 2.45) is 5.92 Å². The molecule has 3 heterocycles. The van der Waals surface area contributed by atoms with Crippen LogP contribution in [0.15, 0.2) is 48.9 Å². The molecule has 0 spiro atoms. The highest BCUT2D eigenvalue weighted by Crippen LogP contribution is 2.19. The fourth-order valence-corrected chi connectivity index (χ4v) is 3.84. The van der Waals surface area contributed by atoms with E-state index in [1.807, 2.05) is 47.1 Å². The molecule has 7 nitrogen and oxygen atoms in total. The summed E-state index contributed by atoms with van der Waals surface area (Å²) in [5, 5.41) is 3.70. The maximum absolute atomic E-state index is 12.6. The summed E-state index contributed by atoms with van der Waals surface area (Å²) < 4.78 is 1.86. The Kier molecular flexibility index (Phi) is 6.28. The van der Waals surface area contributed by atoms with Crippen molar-refractivity contribution in [1.82, 2.24) is 24.6 Å². The lowest BCUT2D eigenvalue weighted by Crippen LogP contribution is -2.46. The molecule has 1 aliphatic heterocycles. The van der Waals surface area contributed by atoms with E-state index in [9.17, 15) is 9.59 Å². The Hall–Kier alpha value is -2.93. The molecule has 2 aromatic heterocycles. The number of nitrogens with zero attached hydrogens (tertiary/aromatic N) is 4. The van der Waals surface area contributed by atoms with E-state index in [1.165, 1.54) is 0 Å². The van der Waals surface area contributed by atoms with Gasteiger partial charge in [-0.1, -0.05) is 23.7 Å². The Morgan fingerprint density at radius 3 is 2.87 bits per heavy atom. The summed E-state index contributed by atoms with van der Waals surface area (Å²) in [5.41, 5.74) is 2.01. The standard InChI is InChI=1S/C22H24ClN5O2/c23-18-5-2-16(3-6-18)9-13-27-14-17(4-7-20(27)29)21(30)24-11-8-19-15-28-12-1-10-25-22(28)26-19/h1-3,5-6,10,12,15,17H,4,7-9,11,13-14H2,(H,24,30)/t17-/m1/s1. The maximum atomic E-state index is 12.6. The van der Waals surface area contributed by atoms with Crippen molar-refractivity contribution in [3.63, 3.8) is 0 Å². The smallest absolute Gasteiger partial charge is 0.233 e. The monoisotopic (exact) mass is 425 g/mol. The number of likely N-dealkylation sites (tertiary alicyclic amines) is 1. The fourth-order valence-electron chi connectivity index (χ4n) is 3.72. The zero-order valence-electron chi connectivity index (χ0n) is 16.6. The number of carbonyl (C=O) groups excluding carboxylic acids is 2. The summed E-state index contributed by atoms with van der Waals surface area (Å²) in [6, 6.07) is 9.49. The number of aromatic nitrogens is 3. The van der Waals surface area contributed by atoms with Crippen LogP contribution < -0.4 is 5.32 Å². The van der Waals surface area contributed by atoms with Gasteiger partial charge in [0.1, 0.15) is 0 Å². The molecule has 1 N–H and O–H groups in total. The van der Waals surface area contributed by atoms with Crippen LogP contribution in [0.2, 0.25) is 5.02 Å². The topological polar surface area (TPSA) is 79.6 Å². The number of hydrogen-bond donors (Lipinski definition) is 1. The molecular weight excluding hydrogens is 402 g/mol. The molecule has 30 heavy (non-hydrogen) atoms. The first-order valence-corrected chi connectivity index (χ1v) is 10.5. The van der Waals surface area contributed by atoms with Gasteiger partial charge in [0.25, 0.3) is 0 Å². The lowest BCUT2D eigenvalue weighted by molar-refractivity contribution is -0.138. The molecule has 1 fully saturated rings. The molecule has 1 atom stereocenters. The number of fused-ring (bicyclic) bond motifs is 1. The largest absolute Gasteiger partial charge is 0.355 e. The molecule has 1 saturated heterocycles. The number of carbonyl (C=O) groups is 2. The lowest BCUT2D eigenvalue weighted by Gasteiger charge is -2.32. The van der Waals surface area contributed by atoms with Crippen molar-refractivity contribution in [1.29, 1.82) is 0 Å². The number of nitrogens with one attached hydrogen (secondary N) is 1. The van der Waals surface area contributed by atoms with Gasteiger partial charge in [-0.25, -0.2) is 9.97 Å². The molecule has 2 amide bonds. The number of hydrogen-bond acceptors (Lipinski definition) is 4. The SMILES string of the molecule is O=C(NCCc1cn2cccnc2n1)[C@@H]1CCC(=O)N(CCc2ccc(Cl)cc2)C1. The van der Waals surface area contributed by atoms with Crippen molar-refractivity contribution < 1.29 is 9.59 Å². The number of benzene rings is 1. The van der Waals surface area contributed by atoms with Crippen molar-refractivity contribution in [2.45, 2.75) is 25.7 Å². The predicted molar refractivity (Wildman–Crippen MR) is 114 cm³/mol. The van der Waals surface area contributed by atoms with Crippen LogP contribution in [-0.2, 0) is 22.4 Å². The summed E-state index contributed by atoms with van der Waals surface area (Å²) in [5.74, 6) is 0.600. The van der Waals surface area contributed by atoms with Crippen LogP contribution in [0.1, 0.15) is 24.1 Å². The zero-order valence-corrected chi connectivity index (χ0v) is 17.4. The lowest BCUT2D eigenvalue weighted by atomic mass is 9.96. The molecule has 8 heteroatoms. The second-order valence-electron chi connectivity index (χ2n) is 7.55. The van der Waals surface area contributed by atoms with E-state index in [4.69, 9.17) is 11.6 Å². The molecule has 156 valence electrons. The normalized spacial score (nSPS) is 16.8. The molecule has 0 bridgehead atoms. The second kappa shape index (κ2) is 9.26.